The molecular weight excluding hydrogens is 527 g/mol. The number of carbonyl (C=O) groups is 1. The van der Waals surface area contributed by atoms with Crippen LogP contribution in [-0.2, 0) is 13.1 Å². The molecule has 0 aliphatic rings. The maximum atomic E-state index is 14.1. The van der Waals surface area contributed by atoms with Crippen molar-refractivity contribution in [1.82, 2.24) is 19.8 Å². The molecule has 1 N–H and O–H groups in total. The zero-order valence-electron chi connectivity index (χ0n) is 21.9. The van der Waals surface area contributed by atoms with E-state index in [9.17, 15) is 14.0 Å². The highest BCUT2D eigenvalue weighted by atomic mass is 35.5. The molecule has 0 spiro atoms. The lowest BCUT2D eigenvalue weighted by atomic mass is 10.1. The fraction of sp³-hybridized carbons (Fsp3) is 0.156. The summed E-state index contributed by atoms with van der Waals surface area (Å²) in [6.07, 6.45) is 0.464. The molecule has 4 aromatic carbocycles. The van der Waals surface area contributed by atoms with E-state index >= 15 is 0 Å². The van der Waals surface area contributed by atoms with Crippen molar-refractivity contribution in [2.45, 2.75) is 32.5 Å². The number of hydrogen-bond acceptors (Lipinski definition) is 3. The molecule has 2 amide bonds. The van der Waals surface area contributed by atoms with Gasteiger partial charge in [0.2, 0.25) is 0 Å². The second-order valence-electron chi connectivity index (χ2n) is 9.41. The first kappa shape index (κ1) is 27.1. The van der Waals surface area contributed by atoms with Crippen LogP contribution < -0.4 is 10.9 Å². The molecule has 0 radical (unpaired) electrons. The third-order valence-corrected chi connectivity index (χ3v) is 7.06. The molecule has 6 nitrogen and oxygen atoms in total. The van der Waals surface area contributed by atoms with Crippen LogP contribution in [0.1, 0.15) is 36.3 Å². The minimum Gasteiger partial charge on any atom is -0.334 e. The Balaban J connectivity index is 1.65. The van der Waals surface area contributed by atoms with Gasteiger partial charge < -0.3 is 10.2 Å². The largest absolute Gasteiger partial charge is 0.334 e. The Kier molecular flexibility index (Phi) is 8.22. The number of carbonyl (C=O) groups excluding carboxylic acids is 1. The van der Waals surface area contributed by atoms with Gasteiger partial charge in [0, 0.05) is 13.1 Å². The Morgan fingerprint density at radius 3 is 2.27 bits per heavy atom. The molecule has 0 aliphatic heterocycles. The van der Waals surface area contributed by atoms with Gasteiger partial charge in [0.25, 0.3) is 5.56 Å². The van der Waals surface area contributed by atoms with Gasteiger partial charge in [-0.3, -0.25) is 9.36 Å². The van der Waals surface area contributed by atoms with Crippen molar-refractivity contribution in [2.75, 3.05) is 0 Å². The highest BCUT2D eigenvalue weighted by molar-refractivity contribution is 6.30. The molecule has 0 fully saturated rings. The first-order valence-electron chi connectivity index (χ1n) is 13.1. The van der Waals surface area contributed by atoms with Gasteiger partial charge >= 0.3 is 6.03 Å². The van der Waals surface area contributed by atoms with Crippen LogP contribution in [0.3, 0.4) is 0 Å². The van der Waals surface area contributed by atoms with E-state index in [4.69, 9.17) is 16.6 Å². The van der Waals surface area contributed by atoms with E-state index in [0.717, 1.165) is 11.1 Å². The summed E-state index contributed by atoms with van der Waals surface area (Å²) < 4.78 is 15.5. The maximum absolute atomic E-state index is 14.1. The molecule has 1 unspecified atom stereocenters. The number of hydrogen-bond donors (Lipinski definition) is 1. The lowest BCUT2D eigenvalue weighted by Gasteiger charge is -2.32. The van der Waals surface area contributed by atoms with Crippen LogP contribution in [0.5, 0.6) is 0 Å². The van der Waals surface area contributed by atoms with Crippen LogP contribution in [0, 0.1) is 5.82 Å². The first-order valence-corrected chi connectivity index (χ1v) is 13.4. The quantitative estimate of drug-likeness (QED) is 0.224. The van der Waals surface area contributed by atoms with E-state index < -0.39 is 11.9 Å². The Labute approximate surface area is 236 Å². The van der Waals surface area contributed by atoms with E-state index in [2.05, 4.69) is 5.32 Å². The van der Waals surface area contributed by atoms with Crippen molar-refractivity contribution < 1.29 is 9.18 Å². The SMILES string of the molecule is CCC(c1nc2ccccc2c(=O)n1-c1ccc(F)c(Cl)c1)N(Cc1ccccc1)C(=O)NCc1ccccc1. The Hall–Kier alpha value is -4.49. The van der Waals surface area contributed by atoms with Crippen molar-refractivity contribution in [2.24, 2.45) is 0 Å². The van der Waals surface area contributed by atoms with E-state index in [1.165, 1.54) is 22.8 Å². The molecular formula is C32H28ClFN4O2. The molecule has 40 heavy (non-hydrogen) atoms. The number of nitrogens with one attached hydrogen (secondary N) is 1. The molecule has 202 valence electrons. The number of nitrogens with zero attached hydrogens (tertiary/aromatic N) is 3. The van der Waals surface area contributed by atoms with Crippen LogP contribution in [-0.4, -0.2) is 20.5 Å². The smallest absolute Gasteiger partial charge is 0.318 e. The van der Waals surface area contributed by atoms with Crippen molar-refractivity contribution in [1.29, 1.82) is 0 Å². The Bertz CT molecular complexity index is 1690. The topological polar surface area (TPSA) is 67.2 Å². The summed E-state index contributed by atoms with van der Waals surface area (Å²) in [5.41, 5.74) is 2.44. The summed E-state index contributed by atoms with van der Waals surface area (Å²) in [6, 6.07) is 29.6. The molecule has 5 rings (SSSR count). The average Bonchev–Trinajstić information content (AvgIpc) is 2.98. The minimum absolute atomic E-state index is 0.113. The molecule has 0 bridgehead atoms. The molecule has 1 atom stereocenters. The Morgan fingerprint density at radius 2 is 1.60 bits per heavy atom. The van der Waals surface area contributed by atoms with Crippen LogP contribution in [0.25, 0.3) is 16.6 Å². The maximum Gasteiger partial charge on any atom is 0.318 e. The normalized spacial score (nSPS) is 11.8. The van der Waals surface area contributed by atoms with Gasteiger partial charge in [-0.25, -0.2) is 14.2 Å². The standard InChI is InChI=1S/C32H28ClFN4O2/c1-2-29(37(21-23-13-7-4-8-14-23)32(40)35-20-22-11-5-3-6-12-22)30-36-28-16-10-9-15-25(28)31(39)38(30)24-17-18-27(34)26(33)19-24/h3-19,29H,2,20-21H2,1H3,(H,35,40). The predicted octanol–water partition coefficient (Wildman–Crippen LogP) is 7.04. The monoisotopic (exact) mass is 554 g/mol. The number of para-hydroxylation sites is 1. The lowest BCUT2D eigenvalue weighted by Crippen LogP contribution is -2.43. The second kappa shape index (κ2) is 12.1. The number of aromatic nitrogens is 2. The third-order valence-electron chi connectivity index (χ3n) is 6.77. The number of benzene rings is 4. The van der Waals surface area contributed by atoms with E-state index in [1.54, 1.807) is 23.1 Å². The van der Waals surface area contributed by atoms with Gasteiger partial charge in [0.1, 0.15) is 11.6 Å². The number of urea groups is 1. The summed E-state index contributed by atoms with van der Waals surface area (Å²) in [5.74, 6) is -0.230. The average molecular weight is 555 g/mol. The molecule has 1 aromatic heterocycles. The number of rotatable bonds is 8. The molecule has 0 saturated carbocycles. The molecule has 0 saturated heterocycles. The van der Waals surface area contributed by atoms with Gasteiger partial charge in [-0.2, -0.15) is 0 Å². The molecule has 1 heterocycles. The summed E-state index contributed by atoms with van der Waals surface area (Å²) in [6.45, 7) is 2.57. The molecule has 8 heteroatoms. The van der Waals surface area contributed by atoms with E-state index in [1.807, 2.05) is 73.7 Å². The minimum atomic E-state index is -0.600. The Morgan fingerprint density at radius 1 is 0.950 bits per heavy atom. The van der Waals surface area contributed by atoms with Gasteiger partial charge in [-0.15, -0.1) is 0 Å². The summed E-state index contributed by atoms with van der Waals surface area (Å²) in [4.78, 5) is 34.3. The third kappa shape index (κ3) is 5.75. The van der Waals surface area contributed by atoms with Gasteiger partial charge in [-0.1, -0.05) is 91.3 Å². The number of halogens is 2. The summed E-state index contributed by atoms with van der Waals surface area (Å²) >= 11 is 6.13. The summed E-state index contributed by atoms with van der Waals surface area (Å²) in [5, 5.41) is 3.33. The highest BCUT2D eigenvalue weighted by Crippen LogP contribution is 2.29. The van der Waals surface area contributed by atoms with Crippen molar-refractivity contribution >= 4 is 28.5 Å². The first-order chi connectivity index (χ1) is 19.5. The van der Waals surface area contributed by atoms with Gasteiger partial charge in [-0.05, 0) is 47.9 Å². The second-order valence-corrected chi connectivity index (χ2v) is 9.82. The summed E-state index contributed by atoms with van der Waals surface area (Å²) in [7, 11) is 0. The van der Waals surface area contributed by atoms with Crippen molar-refractivity contribution in [3.63, 3.8) is 0 Å². The van der Waals surface area contributed by atoms with Crippen LogP contribution in [0.4, 0.5) is 9.18 Å². The fourth-order valence-electron chi connectivity index (χ4n) is 4.77. The van der Waals surface area contributed by atoms with Gasteiger partial charge in [0.15, 0.2) is 0 Å². The van der Waals surface area contributed by atoms with E-state index in [-0.39, 0.29) is 23.2 Å². The van der Waals surface area contributed by atoms with Crippen LogP contribution >= 0.6 is 11.6 Å². The lowest BCUT2D eigenvalue weighted by molar-refractivity contribution is 0.163. The molecule has 5 aromatic rings. The fourth-order valence-corrected chi connectivity index (χ4v) is 4.94. The van der Waals surface area contributed by atoms with Gasteiger partial charge in [0.05, 0.1) is 27.7 Å². The van der Waals surface area contributed by atoms with Crippen molar-refractivity contribution in [3.05, 3.63) is 141 Å². The van der Waals surface area contributed by atoms with Crippen LogP contribution in [0.15, 0.2) is 108 Å². The molecule has 0 aliphatic carbocycles. The highest BCUT2D eigenvalue weighted by Gasteiger charge is 2.29. The van der Waals surface area contributed by atoms with Crippen molar-refractivity contribution in [3.8, 4) is 5.69 Å². The zero-order valence-corrected chi connectivity index (χ0v) is 22.7. The zero-order chi connectivity index (χ0) is 28.1. The predicted molar refractivity (Wildman–Crippen MR) is 156 cm³/mol. The number of amides is 2. The van der Waals surface area contributed by atoms with Crippen LogP contribution in [0.2, 0.25) is 5.02 Å². The number of fused-ring (bicyclic) bond motifs is 1. The van der Waals surface area contributed by atoms with E-state index in [0.29, 0.717) is 35.4 Å².